The first kappa shape index (κ1) is 15.7. The number of amides is 1. The van der Waals surface area contributed by atoms with E-state index < -0.39 is 5.97 Å². The molecule has 0 heterocycles. The monoisotopic (exact) mass is 275 g/mol. The van der Waals surface area contributed by atoms with Crippen LogP contribution in [0.4, 0.5) is 0 Å². The van der Waals surface area contributed by atoms with Crippen molar-refractivity contribution in [3.63, 3.8) is 0 Å². The third-order valence-corrected chi connectivity index (χ3v) is 2.32. The SMILES string of the molecule is CCOC(=O)CNC(=O)c1ccc(C#CCCO)cc1. The second kappa shape index (κ2) is 8.73. The maximum Gasteiger partial charge on any atom is 0.325 e. The number of aliphatic hydroxyl groups is 1. The van der Waals surface area contributed by atoms with Crippen LogP contribution >= 0.6 is 0 Å². The Balaban J connectivity index is 2.54. The van der Waals surface area contributed by atoms with Gasteiger partial charge in [-0.1, -0.05) is 11.8 Å². The number of carbonyl (C=O) groups is 2. The maximum atomic E-state index is 11.7. The molecule has 0 saturated carbocycles. The Kier molecular flexibility index (Phi) is 6.87. The highest BCUT2D eigenvalue weighted by atomic mass is 16.5. The van der Waals surface area contributed by atoms with Crippen molar-refractivity contribution in [1.82, 2.24) is 5.32 Å². The van der Waals surface area contributed by atoms with Crippen LogP contribution in [0.1, 0.15) is 29.3 Å². The Bertz CT molecular complexity index is 511. The van der Waals surface area contributed by atoms with Crippen molar-refractivity contribution in [2.45, 2.75) is 13.3 Å². The van der Waals surface area contributed by atoms with Crippen molar-refractivity contribution in [1.29, 1.82) is 0 Å². The lowest BCUT2D eigenvalue weighted by Crippen LogP contribution is -2.30. The Labute approximate surface area is 117 Å². The predicted octanol–water partition coefficient (Wildman–Crippen LogP) is 0.713. The Morgan fingerprint density at radius 3 is 2.60 bits per heavy atom. The zero-order valence-corrected chi connectivity index (χ0v) is 11.3. The molecule has 0 aliphatic rings. The summed E-state index contributed by atoms with van der Waals surface area (Å²) in [7, 11) is 0. The fourth-order valence-electron chi connectivity index (χ4n) is 1.39. The van der Waals surface area contributed by atoms with Crippen LogP contribution < -0.4 is 5.32 Å². The van der Waals surface area contributed by atoms with Crippen LogP contribution in [0.2, 0.25) is 0 Å². The van der Waals surface area contributed by atoms with E-state index in [1.165, 1.54) is 0 Å². The molecule has 1 aromatic rings. The molecule has 1 rings (SSSR count). The molecule has 0 atom stereocenters. The van der Waals surface area contributed by atoms with Gasteiger partial charge in [0.1, 0.15) is 6.54 Å². The summed E-state index contributed by atoms with van der Waals surface area (Å²) in [6.07, 6.45) is 0.418. The van der Waals surface area contributed by atoms with E-state index in [-0.39, 0.29) is 25.7 Å². The fraction of sp³-hybridized carbons (Fsp3) is 0.333. The van der Waals surface area contributed by atoms with Crippen LogP contribution in [0, 0.1) is 11.8 Å². The normalized spacial score (nSPS) is 9.30. The van der Waals surface area contributed by atoms with Gasteiger partial charge in [-0.05, 0) is 31.2 Å². The molecule has 0 aliphatic carbocycles. The minimum absolute atomic E-state index is 0.0291. The lowest BCUT2D eigenvalue weighted by atomic mass is 10.1. The Hall–Kier alpha value is -2.32. The summed E-state index contributed by atoms with van der Waals surface area (Å²) in [6.45, 7) is 1.87. The lowest BCUT2D eigenvalue weighted by molar-refractivity contribution is -0.141. The number of nitrogens with one attached hydrogen (secondary N) is 1. The van der Waals surface area contributed by atoms with E-state index in [0.29, 0.717) is 12.0 Å². The van der Waals surface area contributed by atoms with Gasteiger partial charge in [0.25, 0.3) is 5.91 Å². The molecule has 20 heavy (non-hydrogen) atoms. The first-order valence-corrected chi connectivity index (χ1v) is 6.31. The van der Waals surface area contributed by atoms with Gasteiger partial charge >= 0.3 is 5.97 Å². The van der Waals surface area contributed by atoms with E-state index >= 15 is 0 Å². The van der Waals surface area contributed by atoms with Gasteiger partial charge in [-0.25, -0.2) is 0 Å². The zero-order valence-electron chi connectivity index (χ0n) is 11.3. The Morgan fingerprint density at radius 1 is 1.30 bits per heavy atom. The molecule has 0 bridgehead atoms. The number of hydrogen-bond donors (Lipinski definition) is 2. The zero-order chi connectivity index (χ0) is 14.8. The minimum Gasteiger partial charge on any atom is -0.465 e. The molecule has 1 amide bonds. The van der Waals surface area contributed by atoms with Gasteiger partial charge in [-0.2, -0.15) is 0 Å². The number of ether oxygens (including phenoxy) is 1. The van der Waals surface area contributed by atoms with Gasteiger partial charge in [0, 0.05) is 17.5 Å². The van der Waals surface area contributed by atoms with Crippen LogP contribution in [0.3, 0.4) is 0 Å². The summed E-state index contributed by atoms with van der Waals surface area (Å²) in [5.41, 5.74) is 1.21. The quantitative estimate of drug-likeness (QED) is 0.613. The summed E-state index contributed by atoms with van der Waals surface area (Å²) >= 11 is 0. The van der Waals surface area contributed by atoms with E-state index in [9.17, 15) is 9.59 Å². The Morgan fingerprint density at radius 2 is 2.00 bits per heavy atom. The lowest BCUT2D eigenvalue weighted by Gasteiger charge is -2.04. The molecule has 0 saturated heterocycles. The molecule has 0 aromatic heterocycles. The van der Waals surface area contributed by atoms with Crippen LogP contribution in [0.25, 0.3) is 0 Å². The van der Waals surface area contributed by atoms with Crippen molar-refractivity contribution in [3.05, 3.63) is 35.4 Å². The van der Waals surface area contributed by atoms with Crippen LogP contribution in [0.15, 0.2) is 24.3 Å². The molecule has 0 fully saturated rings. The fourth-order valence-corrected chi connectivity index (χ4v) is 1.39. The van der Waals surface area contributed by atoms with Gasteiger partial charge in [0.2, 0.25) is 0 Å². The number of carbonyl (C=O) groups excluding carboxylic acids is 2. The highest BCUT2D eigenvalue weighted by Gasteiger charge is 2.07. The van der Waals surface area contributed by atoms with Gasteiger partial charge in [-0.3, -0.25) is 9.59 Å². The van der Waals surface area contributed by atoms with E-state index in [1.807, 2.05) is 0 Å². The standard InChI is InChI=1S/C15H17NO4/c1-2-20-14(18)11-16-15(19)13-8-6-12(7-9-13)5-3-4-10-17/h6-9,17H,2,4,10-11H2,1H3,(H,16,19). The van der Waals surface area contributed by atoms with Gasteiger partial charge < -0.3 is 15.2 Å². The molecular formula is C15H17NO4. The molecule has 1 aromatic carbocycles. The van der Waals surface area contributed by atoms with Crippen molar-refractivity contribution >= 4 is 11.9 Å². The minimum atomic E-state index is -0.465. The molecule has 0 aliphatic heterocycles. The van der Waals surface area contributed by atoms with Crippen molar-refractivity contribution in [3.8, 4) is 11.8 Å². The first-order chi connectivity index (χ1) is 9.67. The number of aliphatic hydroxyl groups excluding tert-OH is 1. The molecule has 5 heteroatoms. The summed E-state index contributed by atoms with van der Waals surface area (Å²) in [5.74, 6) is 4.85. The number of esters is 1. The smallest absolute Gasteiger partial charge is 0.325 e. The van der Waals surface area contributed by atoms with E-state index in [4.69, 9.17) is 9.84 Å². The second-order valence-electron chi connectivity index (χ2n) is 3.84. The molecule has 5 nitrogen and oxygen atoms in total. The molecule has 0 spiro atoms. The first-order valence-electron chi connectivity index (χ1n) is 6.31. The van der Waals surface area contributed by atoms with E-state index in [0.717, 1.165) is 5.56 Å². The van der Waals surface area contributed by atoms with Gasteiger partial charge in [0.15, 0.2) is 0 Å². The average molecular weight is 275 g/mol. The number of hydrogen-bond acceptors (Lipinski definition) is 4. The average Bonchev–Trinajstić information content (AvgIpc) is 2.46. The number of rotatable bonds is 5. The third-order valence-electron chi connectivity index (χ3n) is 2.32. The molecule has 2 N–H and O–H groups in total. The predicted molar refractivity (Wildman–Crippen MR) is 74.0 cm³/mol. The maximum absolute atomic E-state index is 11.7. The highest BCUT2D eigenvalue weighted by molar-refractivity contribution is 5.95. The molecule has 0 radical (unpaired) electrons. The third kappa shape index (κ3) is 5.55. The largest absolute Gasteiger partial charge is 0.465 e. The van der Waals surface area contributed by atoms with E-state index in [2.05, 4.69) is 17.2 Å². The van der Waals surface area contributed by atoms with Crippen LogP contribution in [0.5, 0.6) is 0 Å². The van der Waals surface area contributed by atoms with Crippen LogP contribution in [-0.4, -0.2) is 36.7 Å². The van der Waals surface area contributed by atoms with Crippen molar-refractivity contribution < 1.29 is 19.4 Å². The molecular weight excluding hydrogens is 258 g/mol. The molecule has 106 valence electrons. The summed E-state index contributed by atoms with van der Waals surface area (Å²) in [4.78, 5) is 22.8. The number of benzene rings is 1. The summed E-state index contributed by atoms with van der Waals surface area (Å²) in [5, 5.41) is 11.1. The van der Waals surface area contributed by atoms with Gasteiger partial charge in [0.05, 0.1) is 13.2 Å². The van der Waals surface area contributed by atoms with Crippen LogP contribution in [-0.2, 0) is 9.53 Å². The summed E-state index contributed by atoms with van der Waals surface area (Å²) in [6, 6.07) is 6.68. The highest BCUT2D eigenvalue weighted by Crippen LogP contribution is 2.03. The topological polar surface area (TPSA) is 75.6 Å². The van der Waals surface area contributed by atoms with E-state index in [1.54, 1.807) is 31.2 Å². The summed E-state index contributed by atoms with van der Waals surface area (Å²) < 4.78 is 4.71. The van der Waals surface area contributed by atoms with Crippen molar-refractivity contribution in [2.75, 3.05) is 19.8 Å². The van der Waals surface area contributed by atoms with Gasteiger partial charge in [-0.15, -0.1) is 0 Å². The van der Waals surface area contributed by atoms with Crippen molar-refractivity contribution in [2.24, 2.45) is 0 Å². The second-order valence-corrected chi connectivity index (χ2v) is 3.84. The molecule has 0 unspecified atom stereocenters.